The lowest BCUT2D eigenvalue weighted by Gasteiger charge is -2.12. The van der Waals surface area contributed by atoms with E-state index >= 15 is 0 Å². The molecule has 1 atom stereocenters. The highest BCUT2D eigenvalue weighted by atomic mass is 16.3. The Balaban J connectivity index is 2.30. The van der Waals surface area contributed by atoms with Crippen LogP contribution in [0, 0.1) is 13.8 Å². The van der Waals surface area contributed by atoms with Crippen LogP contribution in [0.5, 0.6) is 0 Å². The first-order chi connectivity index (χ1) is 6.72. The molecule has 0 aromatic heterocycles. The van der Waals surface area contributed by atoms with Gasteiger partial charge in [0.15, 0.2) is 0 Å². The smallest absolute Gasteiger partial charge is 0.0499 e. The Morgan fingerprint density at radius 1 is 1.50 bits per heavy atom. The summed E-state index contributed by atoms with van der Waals surface area (Å²) in [6, 6.07) is 6.45. The van der Waals surface area contributed by atoms with Gasteiger partial charge in [-0.2, -0.15) is 0 Å². The van der Waals surface area contributed by atoms with Crippen molar-refractivity contribution in [3.05, 3.63) is 41.8 Å². The summed E-state index contributed by atoms with van der Waals surface area (Å²) in [5.74, 6) is 0.800. The summed E-state index contributed by atoms with van der Waals surface area (Å²) in [7, 11) is 0. The number of aliphatic hydroxyl groups excluding tert-OH is 1. The molecule has 2 rings (SSSR count). The predicted octanol–water partition coefficient (Wildman–Crippen LogP) is 2.78. The van der Waals surface area contributed by atoms with Crippen LogP contribution < -0.4 is 0 Å². The number of hydrogen-bond donors (Lipinski definition) is 1. The third-order valence-electron chi connectivity index (χ3n) is 3.01. The van der Waals surface area contributed by atoms with E-state index in [2.05, 4.69) is 32.0 Å². The topological polar surface area (TPSA) is 20.2 Å². The van der Waals surface area contributed by atoms with E-state index in [1.165, 1.54) is 29.5 Å². The van der Waals surface area contributed by atoms with Crippen molar-refractivity contribution >= 4 is 0 Å². The molecule has 0 spiro atoms. The molecule has 14 heavy (non-hydrogen) atoms. The molecular formula is C13H17O. The molecule has 0 aliphatic heterocycles. The summed E-state index contributed by atoms with van der Waals surface area (Å²) in [5.41, 5.74) is 4.01. The van der Waals surface area contributed by atoms with Crippen LogP contribution >= 0.6 is 0 Å². The van der Waals surface area contributed by atoms with Gasteiger partial charge in [-0.05, 0) is 49.3 Å². The summed E-state index contributed by atoms with van der Waals surface area (Å²) in [5, 5.41) is 9.04. The molecule has 0 bridgehead atoms. The molecule has 1 saturated carbocycles. The second-order valence-electron chi connectivity index (χ2n) is 4.27. The second kappa shape index (κ2) is 3.74. The van der Waals surface area contributed by atoms with Gasteiger partial charge in [0.1, 0.15) is 0 Å². The minimum atomic E-state index is 0.0214. The first-order valence-electron chi connectivity index (χ1n) is 5.26. The van der Waals surface area contributed by atoms with Gasteiger partial charge < -0.3 is 5.11 Å². The Morgan fingerprint density at radius 2 is 2.21 bits per heavy atom. The van der Waals surface area contributed by atoms with Gasteiger partial charge >= 0.3 is 0 Å². The molecule has 0 saturated heterocycles. The second-order valence-corrected chi connectivity index (χ2v) is 4.27. The minimum absolute atomic E-state index is 0.0214. The van der Waals surface area contributed by atoms with E-state index in [4.69, 9.17) is 5.11 Å². The Morgan fingerprint density at radius 3 is 2.79 bits per heavy atom. The van der Waals surface area contributed by atoms with E-state index in [9.17, 15) is 0 Å². The predicted molar refractivity (Wildman–Crippen MR) is 58.3 cm³/mol. The molecule has 1 aromatic rings. The van der Waals surface area contributed by atoms with E-state index in [1.807, 2.05) is 0 Å². The van der Waals surface area contributed by atoms with E-state index in [-0.39, 0.29) is 12.5 Å². The van der Waals surface area contributed by atoms with Crippen molar-refractivity contribution in [3.63, 3.8) is 0 Å². The zero-order chi connectivity index (χ0) is 10.1. The fraction of sp³-hybridized carbons (Fsp3) is 0.462. The van der Waals surface area contributed by atoms with Crippen LogP contribution in [0.3, 0.4) is 0 Å². The lowest BCUT2D eigenvalue weighted by Crippen LogP contribution is -2.00. The van der Waals surface area contributed by atoms with Crippen molar-refractivity contribution in [1.29, 1.82) is 0 Å². The summed E-state index contributed by atoms with van der Waals surface area (Å²) in [6.45, 7) is 6.22. The Labute approximate surface area is 85.8 Å². The average Bonchev–Trinajstić information content (AvgIpc) is 3.01. The van der Waals surface area contributed by atoms with E-state index in [0.717, 1.165) is 5.92 Å². The monoisotopic (exact) mass is 189 g/mol. The Bertz CT molecular complexity index is 326. The van der Waals surface area contributed by atoms with Crippen molar-refractivity contribution in [1.82, 2.24) is 0 Å². The van der Waals surface area contributed by atoms with Crippen molar-refractivity contribution < 1.29 is 5.11 Å². The van der Waals surface area contributed by atoms with Crippen LogP contribution in [0.2, 0.25) is 0 Å². The van der Waals surface area contributed by atoms with Crippen LogP contribution in [0.4, 0.5) is 0 Å². The number of aliphatic hydroxyl groups is 1. The largest absolute Gasteiger partial charge is 0.396 e. The lowest BCUT2D eigenvalue weighted by molar-refractivity contribution is 0.282. The molecule has 1 N–H and O–H groups in total. The maximum atomic E-state index is 9.04. The minimum Gasteiger partial charge on any atom is -0.396 e. The summed E-state index contributed by atoms with van der Waals surface area (Å²) >= 11 is 0. The summed E-state index contributed by atoms with van der Waals surface area (Å²) in [6.07, 6.45) is 2.65. The maximum absolute atomic E-state index is 9.04. The Kier molecular flexibility index (Phi) is 2.60. The van der Waals surface area contributed by atoms with Crippen LogP contribution in [-0.4, -0.2) is 11.7 Å². The van der Waals surface area contributed by atoms with Gasteiger partial charge in [-0.1, -0.05) is 18.2 Å². The van der Waals surface area contributed by atoms with Crippen LogP contribution in [-0.2, 0) is 0 Å². The highest BCUT2D eigenvalue weighted by Crippen LogP contribution is 2.42. The molecule has 75 valence electrons. The van der Waals surface area contributed by atoms with Gasteiger partial charge in [0.05, 0.1) is 0 Å². The van der Waals surface area contributed by atoms with Crippen molar-refractivity contribution in [3.8, 4) is 0 Å². The number of aryl methyl sites for hydroxylation is 1. The molecular weight excluding hydrogens is 172 g/mol. The summed E-state index contributed by atoms with van der Waals surface area (Å²) < 4.78 is 0. The van der Waals surface area contributed by atoms with Crippen LogP contribution in [0.1, 0.15) is 41.4 Å². The molecule has 0 heterocycles. The van der Waals surface area contributed by atoms with Crippen LogP contribution in [0.25, 0.3) is 0 Å². The van der Waals surface area contributed by atoms with Crippen LogP contribution in [0.15, 0.2) is 18.2 Å². The third kappa shape index (κ3) is 1.83. The standard InChI is InChI=1S/C13H17O/c1-9-3-4-12(10(2)8-14)7-13(9)11-5-6-11/h3-4,7,10-11,14H,2,5-6,8H2,1H3. The molecule has 1 aliphatic rings. The van der Waals surface area contributed by atoms with Crippen molar-refractivity contribution in [2.75, 3.05) is 6.61 Å². The zero-order valence-electron chi connectivity index (χ0n) is 8.66. The number of benzene rings is 1. The van der Waals surface area contributed by atoms with Gasteiger partial charge in [0.25, 0.3) is 0 Å². The third-order valence-corrected chi connectivity index (χ3v) is 3.01. The molecule has 1 fully saturated rings. The zero-order valence-corrected chi connectivity index (χ0v) is 8.66. The first-order valence-corrected chi connectivity index (χ1v) is 5.26. The molecule has 1 unspecified atom stereocenters. The van der Waals surface area contributed by atoms with E-state index < -0.39 is 0 Å². The molecule has 1 aliphatic carbocycles. The molecule has 0 amide bonds. The van der Waals surface area contributed by atoms with Crippen molar-refractivity contribution in [2.45, 2.75) is 31.6 Å². The van der Waals surface area contributed by atoms with Gasteiger partial charge in [-0.25, -0.2) is 0 Å². The number of rotatable bonds is 3. The Hall–Kier alpha value is -0.820. The van der Waals surface area contributed by atoms with Crippen molar-refractivity contribution in [2.24, 2.45) is 0 Å². The highest BCUT2D eigenvalue weighted by Gasteiger charge is 2.25. The maximum Gasteiger partial charge on any atom is 0.0499 e. The van der Waals surface area contributed by atoms with Gasteiger partial charge in [0, 0.05) is 12.5 Å². The van der Waals surface area contributed by atoms with Gasteiger partial charge in [-0.15, -0.1) is 0 Å². The highest BCUT2D eigenvalue weighted by molar-refractivity contribution is 5.37. The van der Waals surface area contributed by atoms with Gasteiger partial charge in [0.2, 0.25) is 0 Å². The molecule has 1 nitrogen and oxygen atoms in total. The summed E-state index contributed by atoms with van der Waals surface area (Å²) in [4.78, 5) is 0. The molecule has 1 heteroatoms. The molecule has 1 radical (unpaired) electrons. The molecule has 1 aromatic carbocycles. The normalized spacial score (nSPS) is 18.2. The lowest BCUT2D eigenvalue weighted by atomic mass is 9.95. The first kappa shape index (κ1) is 9.72. The fourth-order valence-corrected chi connectivity index (χ4v) is 1.85. The van der Waals surface area contributed by atoms with E-state index in [1.54, 1.807) is 0 Å². The van der Waals surface area contributed by atoms with Gasteiger partial charge in [-0.3, -0.25) is 0 Å². The quantitative estimate of drug-likeness (QED) is 0.775. The SMILES string of the molecule is [CH2]C(CO)c1ccc(C)c(C2CC2)c1. The van der Waals surface area contributed by atoms with E-state index in [0.29, 0.717) is 0 Å². The number of hydrogen-bond acceptors (Lipinski definition) is 1. The average molecular weight is 189 g/mol. The fourth-order valence-electron chi connectivity index (χ4n) is 1.85.